The number of fused-ring (bicyclic) bond motifs is 3. The van der Waals surface area contributed by atoms with E-state index in [0.717, 1.165) is 75.3 Å². The van der Waals surface area contributed by atoms with Crippen molar-refractivity contribution in [2.75, 3.05) is 0 Å². The van der Waals surface area contributed by atoms with Crippen LogP contribution in [-0.4, -0.2) is 23.0 Å². The molecule has 0 spiro atoms. The van der Waals surface area contributed by atoms with Crippen molar-refractivity contribution in [1.82, 2.24) is 15.0 Å². The Labute approximate surface area is 327 Å². The normalized spacial score (nSPS) is 16.6. The van der Waals surface area contributed by atoms with Crippen LogP contribution in [0.15, 0.2) is 83.5 Å². The molecule has 1 aliphatic carbocycles. The van der Waals surface area contributed by atoms with Crippen LogP contribution < -0.4 is 5.19 Å². The molecule has 7 rings (SSSR count). The summed E-state index contributed by atoms with van der Waals surface area (Å²) in [6, 6.07) is 27.6. The summed E-state index contributed by atoms with van der Waals surface area (Å²) < 4.78 is 49.1. The van der Waals surface area contributed by atoms with Gasteiger partial charge in [0.15, 0.2) is 0 Å². The van der Waals surface area contributed by atoms with Crippen molar-refractivity contribution < 1.29 is 31.4 Å². The molecule has 0 aliphatic heterocycles. The van der Waals surface area contributed by atoms with Crippen LogP contribution in [0.3, 0.4) is 0 Å². The summed E-state index contributed by atoms with van der Waals surface area (Å²) in [4.78, 5) is 13.7. The smallest absolute Gasteiger partial charge is 0.216 e. The molecule has 0 saturated heterocycles. The van der Waals surface area contributed by atoms with Gasteiger partial charge in [-0.3, -0.25) is 0 Å². The Morgan fingerprint density at radius 3 is 2.37 bits per heavy atom. The van der Waals surface area contributed by atoms with Gasteiger partial charge in [-0.2, -0.15) is 0 Å². The maximum atomic E-state index is 8.96. The van der Waals surface area contributed by atoms with Crippen molar-refractivity contribution in [3.63, 3.8) is 0 Å². The second-order valence-corrected chi connectivity index (χ2v) is 20.7. The standard InChI is InChI=1S/C27H29N2O.C18H24NSi.Ir/c1-27(2,3)17-21-10-11-22-23-15-20(9-12-25(23)30-26(22)29-21)24-16-19(13-14-28-24)18-7-5-4-6-8-18;1-14(2)11-16-12-17(15-9-7-6-8-10-15)19-13-18(16)20(3,4)5;/h10-16,18H,4-8,17H2,1-3H3;6-9,12-14H,11H2,1-5H3;/q2*-1;/i17D2,18D;11D2;. The van der Waals surface area contributed by atoms with Crippen LogP contribution in [0.25, 0.3) is 44.6 Å². The molecule has 51 heavy (non-hydrogen) atoms. The molecule has 0 atom stereocenters. The van der Waals surface area contributed by atoms with Gasteiger partial charge < -0.3 is 14.4 Å². The van der Waals surface area contributed by atoms with Crippen LogP contribution >= 0.6 is 0 Å². The van der Waals surface area contributed by atoms with E-state index < -0.39 is 32.1 Å². The van der Waals surface area contributed by atoms with Gasteiger partial charge in [-0.05, 0) is 77.6 Å². The monoisotopic (exact) mass is 877 g/mol. The average molecular weight is 877 g/mol. The Hall–Kier alpha value is -3.44. The third-order valence-corrected chi connectivity index (χ3v) is 10.8. The molecule has 2 aromatic carbocycles. The Morgan fingerprint density at radius 2 is 1.69 bits per heavy atom. The van der Waals surface area contributed by atoms with Crippen LogP contribution in [0.2, 0.25) is 19.6 Å². The first-order chi connectivity index (χ1) is 25.7. The van der Waals surface area contributed by atoms with E-state index in [2.05, 4.69) is 46.7 Å². The molecule has 0 unspecified atom stereocenters. The molecule has 0 N–H and O–H groups in total. The van der Waals surface area contributed by atoms with Crippen molar-refractivity contribution in [1.29, 1.82) is 0 Å². The molecule has 4 heterocycles. The molecule has 1 radical (unpaired) electrons. The third kappa shape index (κ3) is 9.91. The SMILES string of the molecule is [2H]C([2H])(c1cc(-c2[c-]cccc2)ncc1[Si](C)(C)C)C(C)C.[2H]C1(c2ccnc(-c3[c-]cc4oc5nc(C([2H])([2H])C(C)(C)C)ccc5c4c3)c2)CCCCC1.[Ir]. The number of hydrogen-bond donors (Lipinski definition) is 0. The molecule has 0 bridgehead atoms. The fraction of sp³-hybridized carbons (Fsp3) is 0.400. The van der Waals surface area contributed by atoms with Gasteiger partial charge in [0.1, 0.15) is 0 Å². The first-order valence-electron chi connectivity index (χ1n) is 20.4. The van der Waals surface area contributed by atoms with Crippen LogP contribution in [0, 0.1) is 23.5 Å². The second-order valence-electron chi connectivity index (χ2n) is 15.7. The van der Waals surface area contributed by atoms with Crippen LogP contribution in [0.4, 0.5) is 0 Å². The van der Waals surface area contributed by atoms with Crippen LogP contribution in [-0.2, 0) is 32.9 Å². The summed E-state index contributed by atoms with van der Waals surface area (Å²) in [5.74, 6) is -0.619. The first kappa shape index (κ1) is 32.2. The Bertz CT molecular complexity index is 2290. The predicted molar refractivity (Wildman–Crippen MR) is 213 cm³/mol. The minimum absolute atomic E-state index is 0. The molecular weight excluding hydrogens is 819 g/mol. The zero-order valence-corrected chi connectivity index (χ0v) is 34.6. The number of benzene rings is 2. The summed E-state index contributed by atoms with van der Waals surface area (Å²) in [5, 5.41) is 2.85. The Balaban J connectivity index is 0.000000229. The van der Waals surface area contributed by atoms with E-state index in [0.29, 0.717) is 17.0 Å². The number of rotatable bonds is 7. The molecule has 0 amide bonds. The van der Waals surface area contributed by atoms with E-state index in [9.17, 15) is 0 Å². The summed E-state index contributed by atoms with van der Waals surface area (Å²) in [6.07, 6.45) is 5.92. The molecule has 269 valence electrons. The minimum atomic E-state index is -1.67. The largest absolute Gasteiger partial charge is 0.486 e. The molecule has 6 aromatic rings. The van der Waals surface area contributed by atoms with Crippen molar-refractivity contribution in [3.05, 3.63) is 108 Å². The molecule has 4 nitrogen and oxygen atoms in total. The molecular formula is C45H53IrN3OSi-2. The molecule has 6 heteroatoms. The van der Waals surface area contributed by atoms with Gasteiger partial charge in [-0.25, -0.2) is 4.98 Å². The second kappa shape index (κ2) is 16.5. The van der Waals surface area contributed by atoms with Crippen molar-refractivity contribution in [3.8, 4) is 22.5 Å². The maximum absolute atomic E-state index is 8.96. The molecule has 1 aliphatic rings. The molecule has 1 fully saturated rings. The zero-order valence-electron chi connectivity index (χ0n) is 36.2. The van der Waals surface area contributed by atoms with Crippen LogP contribution in [0.5, 0.6) is 0 Å². The summed E-state index contributed by atoms with van der Waals surface area (Å²) >= 11 is 0. The molecule has 1 saturated carbocycles. The Morgan fingerprint density at radius 1 is 0.922 bits per heavy atom. The van der Waals surface area contributed by atoms with Crippen molar-refractivity contribution in [2.24, 2.45) is 11.3 Å². The van der Waals surface area contributed by atoms with Gasteiger partial charge in [-0.15, -0.1) is 59.7 Å². The van der Waals surface area contributed by atoms with E-state index in [-0.39, 0.29) is 26.0 Å². The number of pyridine rings is 3. The maximum Gasteiger partial charge on any atom is 0.216 e. The third-order valence-electron chi connectivity index (χ3n) is 8.82. The zero-order chi connectivity index (χ0) is 40.0. The van der Waals surface area contributed by atoms with Gasteiger partial charge >= 0.3 is 0 Å². The average Bonchev–Trinajstić information content (AvgIpc) is 3.52. The van der Waals surface area contributed by atoms with Gasteiger partial charge in [0.2, 0.25) is 5.71 Å². The van der Waals surface area contributed by atoms with Gasteiger partial charge in [-0.1, -0.05) is 102 Å². The number of hydrogen-bond acceptors (Lipinski definition) is 4. The van der Waals surface area contributed by atoms with E-state index in [1.54, 1.807) is 18.3 Å². The summed E-state index contributed by atoms with van der Waals surface area (Å²) in [7, 11) is -1.67. The number of aromatic nitrogens is 3. The topological polar surface area (TPSA) is 51.8 Å². The summed E-state index contributed by atoms with van der Waals surface area (Å²) in [6.45, 7) is 16.2. The van der Waals surface area contributed by atoms with E-state index in [1.807, 2.05) is 95.4 Å². The first-order valence-corrected chi connectivity index (χ1v) is 21.4. The van der Waals surface area contributed by atoms with E-state index in [4.69, 9.17) is 11.3 Å². The Kier molecular flexibility index (Phi) is 10.4. The van der Waals surface area contributed by atoms with E-state index in [1.165, 1.54) is 6.42 Å². The quantitative estimate of drug-likeness (QED) is 0.118. The number of nitrogens with zero attached hydrogens (tertiary/aromatic N) is 3. The number of furan rings is 1. The van der Waals surface area contributed by atoms with Crippen molar-refractivity contribution in [2.45, 2.75) is 105 Å². The van der Waals surface area contributed by atoms with E-state index >= 15 is 0 Å². The van der Waals surface area contributed by atoms with Gasteiger partial charge in [0.05, 0.1) is 13.7 Å². The fourth-order valence-electron chi connectivity index (χ4n) is 6.45. The van der Waals surface area contributed by atoms with Gasteiger partial charge in [0.25, 0.3) is 0 Å². The van der Waals surface area contributed by atoms with Gasteiger partial charge in [0, 0.05) is 50.4 Å². The van der Waals surface area contributed by atoms with Crippen molar-refractivity contribution >= 4 is 35.3 Å². The minimum Gasteiger partial charge on any atom is -0.486 e. The predicted octanol–water partition coefficient (Wildman–Crippen LogP) is 11.8. The molecule has 4 aromatic heterocycles. The fourth-order valence-corrected chi connectivity index (χ4v) is 7.85. The van der Waals surface area contributed by atoms with Crippen LogP contribution in [0.1, 0.15) is 96.3 Å². The summed E-state index contributed by atoms with van der Waals surface area (Å²) in [5.41, 5.74) is 6.03.